The topological polar surface area (TPSA) is 49.4 Å². The van der Waals surface area contributed by atoms with E-state index in [0.717, 1.165) is 25.1 Å². The van der Waals surface area contributed by atoms with Crippen LogP contribution in [0.5, 0.6) is 0 Å². The van der Waals surface area contributed by atoms with Gasteiger partial charge >= 0.3 is 0 Å². The van der Waals surface area contributed by atoms with Crippen molar-refractivity contribution in [2.45, 2.75) is 39.7 Å². The molecule has 0 radical (unpaired) electrons. The zero-order valence-corrected chi connectivity index (χ0v) is 13.4. The summed E-state index contributed by atoms with van der Waals surface area (Å²) in [6, 6.07) is 4.38. The minimum atomic E-state index is -0.417. The summed E-state index contributed by atoms with van der Waals surface area (Å²) in [5.41, 5.74) is 1.10. The number of halogens is 1. The lowest BCUT2D eigenvalue weighted by Crippen LogP contribution is -2.45. The molecule has 1 fully saturated rings. The number of rotatable bonds is 4. The largest absolute Gasteiger partial charge is 0.370 e. The maximum atomic E-state index is 13.4. The number of Topliss-reactive ketones (excluding diaryl/α,β-unsaturated/α-hetero) is 1. The smallest absolute Gasteiger partial charge is 0.225 e. The van der Waals surface area contributed by atoms with Crippen molar-refractivity contribution < 1.29 is 14.0 Å². The van der Waals surface area contributed by atoms with E-state index < -0.39 is 5.82 Å². The van der Waals surface area contributed by atoms with E-state index in [-0.39, 0.29) is 23.7 Å². The highest BCUT2D eigenvalue weighted by Gasteiger charge is 2.27. The molecule has 0 spiro atoms. The van der Waals surface area contributed by atoms with Crippen LogP contribution in [0, 0.1) is 11.7 Å². The molecule has 0 bridgehead atoms. The third-order valence-electron chi connectivity index (χ3n) is 3.90. The van der Waals surface area contributed by atoms with Crippen molar-refractivity contribution in [1.82, 2.24) is 5.32 Å². The van der Waals surface area contributed by atoms with E-state index in [1.165, 1.54) is 19.1 Å². The predicted octanol–water partition coefficient (Wildman–Crippen LogP) is 2.77. The average molecular weight is 306 g/mol. The van der Waals surface area contributed by atoms with E-state index >= 15 is 0 Å². The van der Waals surface area contributed by atoms with E-state index in [4.69, 9.17) is 0 Å². The summed E-state index contributed by atoms with van der Waals surface area (Å²) in [4.78, 5) is 26.0. The van der Waals surface area contributed by atoms with Crippen LogP contribution in [-0.4, -0.2) is 30.8 Å². The molecule has 1 aliphatic heterocycles. The minimum absolute atomic E-state index is 0.0474. The highest BCUT2D eigenvalue weighted by Crippen LogP contribution is 2.27. The number of ketones is 1. The molecule has 5 heteroatoms. The van der Waals surface area contributed by atoms with Gasteiger partial charge in [0, 0.05) is 30.4 Å². The first kappa shape index (κ1) is 16.5. The van der Waals surface area contributed by atoms with Crippen molar-refractivity contribution in [3.8, 4) is 0 Å². The summed E-state index contributed by atoms with van der Waals surface area (Å²) >= 11 is 0. The fraction of sp³-hybridized carbons (Fsp3) is 0.529. The second kappa shape index (κ2) is 6.90. The van der Waals surface area contributed by atoms with Crippen LogP contribution < -0.4 is 10.2 Å². The second-order valence-electron chi connectivity index (χ2n) is 6.17. The van der Waals surface area contributed by atoms with E-state index in [1.54, 1.807) is 6.07 Å². The van der Waals surface area contributed by atoms with Crippen LogP contribution in [0.3, 0.4) is 0 Å². The Hall–Kier alpha value is -1.91. The first-order valence-corrected chi connectivity index (χ1v) is 7.74. The Morgan fingerprint density at radius 2 is 2.09 bits per heavy atom. The Morgan fingerprint density at radius 1 is 1.36 bits per heavy atom. The SMILES string of the molecule is CC(=O)c1cc(F)ccc1N1CCC[C@H](C(=O)NC(C)C)C1. The van der Waals surface area contributed by atoms with E-state index in [9.17, 15) is 14.0 Å². The number of carbonyl (C=O) groups excluding carboxylic acids is 2. The van der Waals surface area contributed by atoms with Gasteiger partial charge in [0.2, 0.25) is 5.91 Å². The summed E-state index contributed by atoms with van der Waals surface area (Å²) in [6.07, 6.45) is 1.72. The summed E-state index contributed by atoms with van der Waals surface area (Å²) in [5.74, 6) is -0.629. The number of carbonyl (C=O) groups is 2. The number of anilines is 1. The molecule has 0 unspecified atom stereocenters. The molecule has 1 aromatic rings. The van der Waals surface area contributed by atoms with Crippen LogP contribution >= 0.6 is 0 Å². The molecule has 0 aliphatic carbocycles. The molecular weight excluding hydrogens is 283 g/mol. The zero-order valence-electron chi connectivity index (χ0n) is 13.4. The van der Waals surface area contributed by atoms with Crippen LogP contribution in [-0.2, 0) is 4.79 Å². The number of nitrogens with one attached hydrogen (secondary N) is 1. The lowest BCUT2D eigenvalue weighted by atomic mass is 9.95. The Bertz CT molecular complexity index is 572. The van der Waals surface area contributed by atoms with Gasteiger partial charge in [-0.2, -0.15) is 0 Å². The van der Waals surface area contributed by atoms with Gasteiger partial charge in [0.05, 0.1) is 5.92 Å². The lowest BCUT2D eigenvalue weighted by molar-refractivity contribution is -0.125. The van der Waals surface area contributed by atoms with Gasteiger partial charge < -0.3 is 10.2 Å². The fourth-order valence-corrected chi connectivity index (χ4v) is 2.88. The number of hydrogen-bond acceptors (Lipinski definition) is 3. The maximum Gasteiger partial charge on any atom is 0.225 e. The molecule has 0 aromatic heterocycles. The Kier molecular flexibility index (Phi) is 5.16. The van der Waals surface area contributed by atoms with Crippen LogP contribution in [0.2, 0.25) is 0 Å². The Morgan fingerprint density at radius 3 is 2.73 bits per heavy atom. The van der Waals surface area contributed by atoms with Gasteiger partial charge in [0.25, 0.3) is 0 Å². The summed E-state index contributed by atoms with van der Waals surface area (Å²) in [5, 5.41) is 2.94. The van der Waals surface area contributed by atoms with Crippen LogP contribution in [0.1, 0.15) is 44.0 Å². The van der Waals surface area contributed by atoms with E-state index in [1.807, 2.05) is 18.7 Å². The molecule has 1 saturated heterocycles. The zero-order chi connectivity index (χ0) is 16.3. The number of hydrogen-bond donors (Lipinski definition) is 1. The molecular formula is C17H23FN2O2. The molecule has 1 amide bonds. The van der Waals surface area contributed by atoms with Gasteiger partial charge in [0.1, 0.15) is 5.82 Å². The summed E-state index contributed by atoms with van der Waals surface area (Å²) < 4.78 is 13.4. The van der Waals surface area contributed by atoms with Crippen molar-refractivity contribution in [2.75, 3.05) is 18.0 Å². The number of amides is 1. The maximum absolute atomic E-state index is 13.4. The van der Waals surface area contributed by atoms with Gasteiger partial charge in [-0.25, -0.2) is 4.39 Å². The number of piperidine rings is 1. The molecule has 1 atom stereocenters. The van der Waals surface area contributed by atoms with Crippen LogP contribution in [0.15, 0.2) is 18.2 Å². The van der Waals surface area contributed by atoms with Gasteiger partial charge in [-0.05, 0) is 51.8 Å². The molecule has 1 aliphatic rings. The fourth-order valence-electron chi connectivity index (χ4n) is 2.88. The van der Waals surface area contributed by atoms with Crippen molar-refractivity contribution in [1.29, 1.82) is 0 Å². The monoisotopic (exact) mass is 306 g/mol. The van der Waals surface area contributed by atoms with Crippen molar-refractivity contribution in [3.05, 3.63) is 29.6 Å². The molecule has 1 heterocycles. The lowest BCUT2D eigenvalue weighted by Gasteiger charge is -2.35. The highest BCUT2D eigenvalue weighted by molar-refractivity contribution is 5.99. The Labute approximate surface area is 130 Å². The quantitative estimate of drug-likeness (QED) is 0.870. The highest BCUT2D eigenvalue weighted by atomic mass is 19.1. The van der Waals surface area contributed by atoms with E-state index in [0.29, 0.717) is 12.1 Å². The third-order valence-corrected chi connectivity index (χ3v) is 3.90. The first-order chi connectivity index (χ1) is 10.4. The predicted molar refractivity (Wildman–Crippen MR) is 84.6 cm³/mol. The minimum Gasteiger partial charge on any atom is -0.370 e. The molecule has 1 N–H and O–H groups in total. The van der Waals surface area contributed by atoms with Gasteiger partial charge in [-0.3, -0.25) is 9.59 Å². The summed E-state index contributed by atoms with van der Waals surface area (Å²) in [7, 11) is 0. The molecule has 4 nitrogen and oxygen atoms in total. The summed E-state index contributed by atoms with van der Waals surface area (Å²) in [6.45, 7) is 6.64. The molecule has 2 rings (SSSR count). The van der Waals surface area contributed by atoms with Crippen molar-refractivity contribution in [2.24, 2.45) is 5.92 Å². The van der Waals surface area contributed by atoms with Crippen LogP contribution in [0.4, 0.5) is 10.1 Å². The van der Waals surface area contributed by atoms with Gasteiger partial charge in [-0.15, -0.1) is 0 Å². The molecule has 120 valence electrons. The molecule has 0 saturated carbocycles. The van der Waals surface area contributed by atoms with Gasteiger partial charge in [0.15, 0.2) is 5.78 Å². The first-order valence-electron chi connectivity index (χ1n) is 7.74. The van der Waals surface area contributed by atoms with Crippen molar-refractivity contribution in [3.63, 3.8) is 0 Å². The number of benzene rings is 1. The van der Waals surface area contributed by atoms with Crippen molar-refractivity contribution >= 4 is 17.4 Å². The standard InChI is InChI=1S/C17H23FN2O2/c1-11(2)19-17(22)13-5-4-8-20(10-13)16-7-6-14(18)9-15(16)12(3)21/h6-7,9,11,13H,4-5,8,10H2,1-3H3,(H,19,22)/t13-/m0/s1. The molecule has 22 heavy (non-hydrogen) atoms. The van der Waals surface area contributed by atoms with Crippen LogP contribution in [0.25, 0.3) is 0 Å². The Balaban J connectivity index is 2.19. The third kappa shape index (κ3) is 3.84. The van der Waals surface area contributed by atoms with E-state index in [2.05, 4.69) is 5.32 Å². The average Bonchev–Trinajstić information content (AvgIpc) is 2.46. The normalized spacial score (nSPS) is 18.4. The second-order valence-corrected chi connectivity index (χ2v) is 6.17. The van der Waals surface area contributed by atoms with Gasteiger partial charge in [-0.1, -0.05) is 0 Å². The number of nitrogens with zero attached hydrogens (tertiary/aromatic N) is 1. The molecule has 1 aromatic carbocycles.